The molecule has 1 aliphatic carbocycles. The molecule has 116 valence electrons. The highest BCUT2D eigenvalue weighted by atomic mass is 16.5. The van der Waals surface area contributed by atoms with Crippen molar-refractivity contribution < 1.29 is 4.74 Å². The Balaban J connectivity index is 1.45. The van der Waals surface area contributed by atoms with Gasteiger partial charge in [-0.15, -0.1) is 0 Å². The highest BCUT2D eigenvalue weighted by Gasteiger charge is 2.20. The molecule has 1 unspecified atom stereocenters. The fourth-order valence-corrected chi connectivity index (χ4v) is 3.11. The molecule has 3 rings (SSSR count). The van der Waals surface area contributed by atoms with Crippen molar-refractivity contribution in [2.75, 3.05) is 26.2 Å². The van der Waals surface area contributed by atoms with Gasteiger partial charge >= 0.3 is 0 Å². The van der Waals surface area contributed by atoms with E-state index in [1.54, 1.807) is 0 Å². The molecule has 2 fully saturated rings. The lowest BCUT2D eigenvalue weighted by molar-refractivity contribution is 0.153. The number of rotatable bonds is 7. The van der Waals surface area contributed by atoms with Gasteiger partial charge in [-0.05, 0) is 44.2 Å². The summed E-state index contributed by atoms with van der Waals surface area (Å²) < 4.78 is 6.05. The molecule has 0 bridgehead atoms. The Labute approximate surface area is 128 Å². The number of likely N-dealkylation sites (tertiary alicyclic amines) is 1. The largest absolute Gasteiger partial charge is 0.492 e. The molecule has 1 heterocycles. The third-order valence-corrected chi connectivity index (χ3v) is 4.54. The van der Waals surface area contributed by atoms with E-state index in [2.05, 4.69) is 41.4 Å². The minimum atomic E-state index is 0.743. The maximum atomic E-state index is 6.05. The molecule has 1 aliphatic heterocycles. The maximum Gasteiger partial charge on any atom is 0.123 e. The van der Waals surface area contributed by atoms with Gasteiger partial charge in [-0.1, -0.05) is 25.1 Å². The lowest BCUT2D eigenvalue weighted by Crippen LogP contribution is -2.37. The molecule has 0 aromatic heterocycles. The van der Waals surface area contributed by atoms with Gasteiger partial charge in [-0.2, -0.15) is 0 Å². The molecule has 3 nitrogen and oxygen atoms in total. The molecule has 3 heteroatoms. The van der Waals surface area contributed by atoms with Gasteiger partial charge in [0.25, 0.3) is 0 Å². The molecule has 0 radical (unpaired) electrons. The number of nitrogens with one attached hydrogen (secondary N) is 1. The predicted octanol–water partition coefficient (Wildman–Crippen LogP) is 3.05. The summed E-state index contributed by atoms with van der Waals surface area (Å²) in [7, 11) is 0. The Bertz CT molecular complexity index is 445. The van der Waals surface area contributed by atoms with E-state index in [1.807, 2.05) is 0 Å². The number of hydrogen-bond donors (Lipinski definition) is 1. The van der Waals surface area contributed by atoms with Crippen molar-refractivity contribution in [1.82, 2.24) is 10.2 Å². The van der Waals surface area contributed by atoms with Crippen LogP contribution in [0.15, 0.2) is 24.3 Å². The normalized spacial score (nSPS) is 23.2. The van der Waals surface area contributed by atoms with Gasteiger partial charge in [0, 0.05) is 31.2 Å². The van der Waals surface area contributed by atoms with Crippen LogP contribution < -0.4 is 10.1 Å². The van der Waals surface area contributed by atoms with Crippen LogP contribution in [-0.4, -0.2) is 37.2 Å². The Morgan fingerprint density at radius 1 is 1.24 bits per heavy atom. The van der Waals surface area contributed by atoms with Gasteiger partial charge in [0.05, 0.1) is 0 Å². The number of benzene rings is 1. The molecular weight excluding hydrogens is 260 g/mol. The first-order valence-electron chi connectivity index (χ1n) is 8.47. The molecule has 0 spiro atoms. The van der Waals surface area contributed by atoms with E-state index in [4.69, 9.17) is 4.74 Å². The van der Waals surface area contributed by atoms with Crippen molar-refractivity contribution in [1.29, 1.82) is 0 Å². The molecule has 1 atom stereocenters. The van der Waals surface area contributed by atoms with E-state index in [0.717, 1.165) is 37.4 Å². The fourth-order valence-electron chi connectivity index (χ4n) is 3.11. The van der Waals surface area contributed by atoms with Crippen LogP contribution in [0.1, 0.15) is 38.2 Å². The quantitative estimate of drug-likeness (QED) is 0.834. The zero-order valence-electron chi connectivity index (χ0n) is 13.2. The van der Waals surface area contributed by atoms with E-state index in [1.165, 1.54) is 44.3 Å². The number of piperidine rings is 1. The SMILES string of the molecule is CC1CCCN(CCOc2ccccc2CNC2CC2)C1. The first-order chi connectivity index (χ1) is 10.3. The molecule has 1 saturated carbocycles. The second-order valence-corrected chi connectivity index (χ2v) is 6.66. The fraction of sp³-hybridized carbons (Fsp3) is 0.667. The lowest BCUT2D eigenvalue weighted by Gasteiger charge is -2.30. The van der Waals surface area contributed by atoms with Gasteiger partial charge in [0.1, 0.15) is 12.4 Å². The minimum absolute atomic E-state index is 0.743. The molecule has 0 amide bonds. The van der Waals surface area contributed by atoms with Gasteiger partial charge in [0.2, 0.25) is 0 Å². The summed E-state index contributed by atoms with van der Waals surface area (Å²) in [5.41, 5.74) is 1.29. The minimum Gasteiger partial charge on any atom is -0.492 e. The van der Waals surface area contributed by atoms with E-state index in [0.29, 0.717) is 0 Å². The van der Waals surface area contributed by atoms with Gasteiger partial charge < -0.3 is 10.1 Å². The second kappa shape index (κ2) is 7.28. The third kappa shape index (κ3) is 4.72. The molecule has 1 aromatic rings. The highest BCUT2D eigenvalue weighted by molar-refractivity contribution is 5.33. The van der Waals surface area contributed by atoms with E-state index < -0.39 is 0 Å². The molecule has 2 aliphatic rings. The number of para-hydroxylation sites is 1. The van der Waals surface area contributed by atoms with Crippen molar-refractivity contribution in [2.24, 2.45) is 5.92 Å². The second-order valence-electron chi connectivity index (χ2n) is 6.66. The molecule has 1 aromatic carbocycles. The smallest absolute Gasteiger partial charge is 0.123 e. The van der Waals surface area contributed by atoms with E-state index >= 15 is 0 Å². The lowest BCUT2D eigenvalue weighted by atomic mass is 10.0. The summed E-state index contributed by atoms with van der Waals surface area (Å²) in [6.45, 7) is 7.60. The summed E-state index contributed by atoms with van der Waals surface area (Å²) in [6, 6.07) is 9.19. The molecular formula is C18H28N2O. The summed E-state index contributed by atoms with van der Waals surface area (Å²) in [5, 5.41) is 3.57. The topological polar surface area (TPSA) is 24.5 Å². The van der Waals surface area contributed by atoms with Crippen LogP contribution in [0.4, 0.5) is 0 Å². The van der Waals surface area contributed by atoms with E-state index in [9.17, 15) is 0 Å². The number of nitrogens with zero attached hydrogens (tertiary/aromatic N) is 1. The van der Waals surface area contributed by atoms with Crippen molar-refractivity contribution in [2.45, 2.75) is 45.2 Å². The van der Waals surface area contributed by atoms with Gasteiger partial charge in [0.15, 0.2) is 0 Å². The summed E-state index contributed by atoms with van der Waals surface area (Å²) in [4.78, 5) is 2.54. The summed E-state index contributed by atoms with van der Waals surface area (Å²) >= 11 is 0. The van der Waals surface area contributed by atoms with Crippen LogP contribution in [0.25, 0.3) is 0 Å². The van der Waals surface area contributed by atoms with Crippen molar-refractivity contribution >= 4 is 0 Å². The standard InChI is InChI=1S/C18H28N2O/c1-15-5-4-10-20(14-15)11-12-21-18-7-3-2-6-16(18)13-19-17-8-9-17/h2-3,6-7,15,17,19H,4-5,8-14H2,1H3. The van der Waals surface area contributed by atoms with Crippen LogP contribution in [-0.2, 0) is 6.54 Å². The van der Waals surface area contributed by atoms with Crippen LogP contribution in [0.2, 0.25) is 0 Å². The molecule has 1 saturated heterocycles. The van der Waals surface area contributed by atoms with Crippen molar-refractivity contribution in [3.63, 3.8) is 0 Å². The van der Waals surface area contributed by atoms with Gasteiger partial charge in [-0.25, -0.2) is 0 Å². The number of ether oxygens (including phenoxy) is 1. The summed E-state index contributed by atoms with van der Waals surface area (Å²) in [6.07, 6.45) is 5.38. The Hall–Kier alpha value is -1.06. The third-order valence-electron chi connectivity index (χ3n) is 4.54. The van der Waals surface area contributed by atoms with Crippen molar-refractivity contribution in [3.05, 3.63) is 29.8 Å². The number of hydrogen-bond acceptors (Lipinski definition) is 3. The molecule has 1 N–H and O–H groups in total. The monoisotopic (exact) mass is 288 g/mol. The zero-order chi connectivity index (χ0) is 14.5. The van der Waals surface area contributed by atoms with Crippen LogP contribution in [0, 0.1) is 5.92 Å². The average molecular weight is 288 g/mol. The van der Waals surface area contributed by atoms with Crippen LogP contribution >= 0.6 is 0 Å². The van der Waals surface area contributed by atoms with Gasteiger partial charge in [-0.3, -0.25) is 4.90 Å². The van der Waals surface area contributed by atoms with E-state index in [-0.39, 0.29) is 0 Å². The van der Waals surface area contributed by atoms with Crippen molar-refractivity contribution in [3.8, 4) is 5.75 Å². The Kier molecular flexibility index (Phi) is 5.15. The Morgan fingerprint density at radius 2 is 2.10 bits per heavy atom. The van der Waals surface area contributed by atoms with Crippen LogP contribution in [0.5, 0.6) is 5.75 Å². The zero-order valence-corrected chi connectivity index (χ0v) is 13.2. The first kappa shape index (κ1) is 14.9. The molecule has 21 heavy (non-hydrogen) atoms. The highest BCUT2D eigenvalue weighted by Crippen LogP contribution is 2.22. The Morgan fingerprint density at radius 3 is 2.90 bits per heavy atom. The summed E-state index contributed by atoms with van der Waals surface area (Å²) in [5.74, 6) is 1.89. The van der Waals surface area contributed by atoms with Crippen LogP contribution in [0.3, 0.4) is 0 Å². The first-order valence-corrected chi connectivity index (χ1v) is 8.47. The maximum absolute atomic E-state index is 6.05. The predicted molar refractivity (Wildman–Crippen MR) is 86.6 cm³/mol. The average Bonchev–Trinajstić information content (AvgIpc) is 3.31.